The molecule has 1 aliphatic rings. The lowest BCUT2D eigenvalue weighted by atomic mass is 10.1. The summed E-state index contributed by atoms with van der Waals surface area (Å²) in [5.41, 5.74) is 1.68. The van der Waals surface area contributed by atoms with E-state index in [9.17, 15) is 4.39 Å². The van der Waals surface area contributed by atoms with Crippen molar-refractivity contribution < 1.29 is 13.9 Å². The van der Waals surface area contributed by atoms with Crippen LogP contribution >= 0.6 is 0 Å². The fourth-order valence-corrected chi connectivity index (χ4v) is 2.48. The summed E-state index contributed by atoms with van der Waals surface area (Å²) in [5, 5.41) is 3.27. The van der Waals surface area contributed by atoms with Gasteiger partial charge >= 0.3 is 0 Å². The number of nitrogens with zero attached hydrogens (tertiary/aromatic N) is 1. The second kappa shape index (κ2) is 7.57. The molecule has 0 aliphatic carbocycles. The molecule has 1 unspecified atom stereocenters. The van der Waals surface area contributed by atoms with Crippen LogP contribution in [0.4, 0.5) is 10.1 Å². The smallest absolute Gasteiger partial charge is 0.146 e. The molecule has 1 aromatic rings. The molecule has 0 bridgehead atoms. The minimum Gasteiger partial charge on any atom is -0.383 e. The molecule has 1 aliphatic heterocycles. The number of methoxy groups -OCH3 is 1. The number of para-hydroxylation sites is 1. The van der Waals surface area contributed by atoms with Gasteiger partial charge in [0.25, 0.3) is 0 Å². The van der Waals surface area contributed by atoms with Gasteiger partial charge in [-0.05, 0) is 18.6 Å². The van der Waals surface area contributed by atoms with Crippen LogP contribution in [0.15, 0.2) is 18.2 Å². The van der Waals surface area contributed by atoms with E-state index in [1.54, 1.807) is 13.2 Å². The van der Waals surface area contributed by atoms with E-state index in [1.165, 1.54) is 6.07 Å². The van der Waals surface area contributed by atoms with Gasteiger partial charge in [0.05, 0.1) is 25.5 Å². The Hall–Kier alpha value is -1.17. The topological polar surface area (TPSA) is 33.7 Å². The fraction of sp³-hybridized carbons (Fsp3) is 0.600. The predicted molar refractivity (Wildman–Crippen MR) is 77.6 cm³/mol. The molecule has 1 heterocycles. The maximum Gasteiger partial charge on any atom is 0.146 e. The molecule has 0 saturated carbocycles. The number of anilines is 1. The van der Waals surface area contributed by atoms with Crippen LogP contribution in [0, 0.1) is 5.82 Å². The summed E-state index contributed by atoms with van der Waals surface area (Å²) in [4.78, 5) is 2.10. The first-order valence-electron chi connectivity index (χ1n) is 7.05. The monoisotopic (exact) mass is 282 g/mol. The van der Waals surface area contributed by atoms with Crippen LogP contribution in [0.25, 0.3) is 0 Å². The molecule has 0 spiro atoms. The lowest BCUT2D eigenvalue weighted by molar-refractivity contribution is 0.0985. The summed E-state index contributed by atoms with van der Waals surface area (Å²) >= 11 is 0. The van der Waals surface area contributed by atoms with Gasteiger partial charge in [0.15, 0.2) is 0 Å². The van der Waals surface area contributed by atoms with E-state index < -0.39 is 0 Å². The third-order valence-electron chi connectivity index (χ3n) is 3.52. The Balaban J connectivity index is 2.13. The predicted octanol–water partition coefficient (Wildman–Crippen LogP) is 1.79. The van der Waals surface area contributed by atoms with Crippen LogP contribution in [0.2, 0.25) is 0 Å². The summed E-state index contributed by atoms with van der Waals surface area (Å²) in [6.07, 6.45) is 0. The quantitative estimate of drug-likeness (QED) is 0.807. The number of benzene rings is 1. The number of nitrogens with one attached hydrogen (secondary N) is 1. The molecule has 0 radical (unpaired) electrons. The van der Waals surface area contributed by atoms with Crippen LogP contribution in [0.1, 0.15) is 12.5 Å². The summed E-state index contributed by atoms with van der Waals surface area (Å²) < 4.78 is 24.7. The van der Waals surface area contributed by atoms with E-state index in [-0.39, 0.29) is 11.9 Å². The molecule has 0 aromatic heterocycles. The summed E-state index contributed by atoms with van der Waals surface area (Å²) in [6.45, 7) is 6.13. The average molecular weight is 282 g/mol. The van der Waals surface area contributed by atoms with Gasteiger partial charge in [-0.2, -0.15) is 0 Å². The van der Waals surface area contributed by atoms with Crippen molar-refractivity contribution in [3.05, 3.63) is 29.6 Å². The van der Waals surface area contributed by atoms with E-state index in [0.29, 0.717) is 32.1 Å². The summed E-state index contributed by atoms with van der Waals surface area (Å²) in [7, 11) is 1.67. The third kappa shape index (κ3) is 3.69. The van der Waals surface area contributed by atoms with Gasteiger partial charge in [-0.1, -0.05) is 12.1 Å². The van der Waals surface area contributed by atoms with Gasteiger partial charge in [0.1, 0.15) is 5.82 Å². The van der Waals surface area contributed by atoms with Crippen molar-refractivity contribution in [3.8, 4) is 0 Å². The summed E-state index contributed by atoms with van der Waals surface area (Å²) in [5.74, 6) is -0.162. The van der Waals surface area contributed by atoms with Crippen LogP contribution in [0.3, 0.4) is 0 Å². The number of rotatable bonds is 6. The zero-order valence-electron chi connectivity index (χ0n) is 12.2. The fourth-order valence-electron chi connectivity index (χ4n) is 2.48. The van der Waals surface area contributed by atoms with Gasteiger partial charge in [-0.15, -0.1) is 0 Å². The van der Waals surface area contributed by atoms with Crippen LogP contribution in [0.5, 0.6) is 0 Å². The third-order valence-corrected chi connectivity index (χ3v) is 3.52. The molecule has 20 heavy (non-hydrogen) atoms. The van der Waals surface area contributed by atoms with Gasteiger partial charge < -0.3 is 19.7 Å². The van der Waals surface area contributed by atoms with E-state index in [4.69, 9.17) is 9.47 Å². The Kier molecular flexibility index (Phi) is 5.76. The molecule has 1 fully saturated rings. The highest BCUT2D eigenvalue weighted by Gasteiger charge is 2.23. The van der Waals surface area contributed by atoms with Gasteiger partial charge in [-0.25, -0.2) is 4.39 Å². The Morgan fingerprint density at radius 1 is 1.50 bits per heavy atom. The number of morpholine rings is 1. The van der Waals surface area contributed by atoms with Crippen molar-refractivity contribution in [2.45, 2.75) is 19.5 Å². The highest BCUT2D eigenvalue weighted by Crippen LogP contribution is 2.27. The summed E-state index contributed by atoms with van der Waals surface area (Å²) in [6, 6.07) is 5.45. The first kappa shape index (κ1) is 15.2. The van der Waals surface area contributed by atoms with E-state index in [0.717, 1.165) is 18.7 Å². The number of hydrogen-bond acceptors (Lipinski definition) is 4. The molecule has 1 aromatic carbocycles. The molecule has 1 atom stereocenters. The van der Waals surface area contributed by atoms with Crippen LogP contribution in [-0.4, -0.2) is 46.1 Å². The van der Waals surface area contributed by atoms with Gasteiger partial charge in [-0.3, -0.25) is 0 Å². The van der Waals surface area contributed by atoms with E-state index in [2.05, 4.69) is 17.1 Å². The Morgan fingerprint density at radius 3 is 3.10 bits per heavy atom. The Morgan fingerprint density at radius 2 is 2.35 bits per heavy atom. The lowest BCUT2D eigenvalue weighted by Gasteiger charge is -2.36. The maximum atomic E-state index is 14.2. The van der Waals surface area contributed by atoms with Gasteiger partial charge in [0, 0.05) is 32.8 Å². The number of ether oxygens (including phenoxy) is 2. The van der Waals surface area contributed by atoms with Gasteiger partial charge in [0.2, 0.25) is 0 Å². The lowest BCUT2D eigenvalue weighted by Crippen LogP contribution is -2.44. The molecule has 1 saturated heterocycles. The zero-order valence-corrected chi connectivity index (χ0v) is 12.2. The number of halogens is 1. The van der Waals surface area contributed by atoms with Crippen molar-refractivity contribution in [1.29, 1.82) is 0 Å². The van der Waals surface area contributed by atoms with Crippen LogP contribution < -0.4 is 10.2 Å². The largest absolute Gasteiger partial charge is 0.383 e. The molecule has 112 valence electrons. The molecular weight excluding hydrogens is 259 g/mol. The average Bonchev–Trinajstić information content (AvgIpc) is 2.45. The van der Waals surface area contributed by atoms with Crippen LogP contribution in [-0.2, 0) is 16.0 Å². The highest BCUT2D eigenvalue weighted by molar-refractivity contribution is 5.56. The minimum atomic E-state index is -0.162. The first-order valence-corrected chi connectivity index (χ1v) is 7.05. The van der Waals surface area contributed by atoms with Crippen molar-refractivity contribution in [1.82, 2.24) is 5.32 Å². The highest BCUT2D eigenvalue weighted by atomic mass is 19.1. The zero-order chi connectivity index (χ0) is 14.4. The molecule has 2 rings (SSSR count). The molecule has 4 nitrogen and oxygen atoms in total. The number of hydrogen-bond donors (Lipinski definition) is 1. The normalized spacial score (nSPS) is 19.4. The Labute approximate surface area is 119 Å². The molecular formula is C15H23FN2O2. The minimum absolute atomic E-state index is 0.162. The first-order chi connectivity index (χ1) is 9.74. The van der Waals surface area contributed by atoms with Crippen molar-refractivity contribution in [3.63, 3.8) is 0 Å². The van der Waals surface area contributed by atoms with Crippen molar-refractivity contribution in [2.24, 2.45) is 0 Å². The van der Waals surface area contributed by atoms with E-state index in [1.807, 2.05) is 6.07 Å². The standard InChI is InChI=1S/C15H23FN2O2/c1-12-11-20-9-7-18(12)15-13(4-3-5-14(15)16)10-17-6-8-19-2/h3-5,12,17H,6-11H2,1-2H3. The SMILES string of the molecule is COCCNCc1cccc(F)c1N1CCOCC1C. The molecule has 5 heteroatoms. The molecule has 0 amide bonds. The second-order valence-electron chi connectivity index (χ2n) is 5.03. The second-order valence-corrected chi connectivity index (χ2v) is 5.03. The van der Waals surface area contributed by atoms with E-state index >= 15 is 0 Å². The maximum absolute atomic E-state index is 14.2. The van der Waals surface area contributed by atoms with Crippen molar-refractivity contribution >= 4 is 5.69 Å². The Bertz CT molecular complexity index is 428. The van der Waals surface area contributed by atoms with Crippen molar-refractivity contribution in [2.75, 3.05) is 44.9 Å². The molecule has 1 N–H and O–H groups in total.